The Balaban J connectivity index is 4.75. The van der Waals surface area contributed by atoms with Gasteiger partial charge >= 0.3 is 0 Å². The van der Waals surface area contributed by atoms with Gasteiger partial charge in [0.05, 0.1) is 0 Å². The van der Waals surface area contributed by atoms with E-state index in [1.807, 2.05) is 0 Å². The normalized spacial score (nSPS) is 15.3. The van der Waals surface area contributed by atoms with Crippen LogP contribution < -0.4 is 0 Å². The third-order valence-corrected chi connectivity index (χ3v) is 11.3. The van der Waals surface area contributed by atoms with E-state index in [1.165, 1.54) is 0 Å². The van der Waals surface area contributed by atoms with E-state index in [2.05, 4.69) is 112 Å². The molecule has 0 saturated heterocycles. The number of halogens is 8. The minimum absolute atomic E-state index is 0.818. The van der Waals surface area contributed by atoms with Crippen LogP contribution >= 0.6 is 112 Å². The fourth-order valence-electron chi connectivity index (χ4n) is 0.161. The van der Waals surface area contributed by atoms with Crippen LogP contribution in [0.4, 0.5) is 4.39 Å². The lowest BCUT2D eigenvalue weighted by Crippen LogP contribution is -2.41. The van der Waals surface area contributed by atoms with Gasteiger partial charge in [0.15, 0.2) is 5.38 Å². The molecule has 0 bridgehead atoms. The maximum absolute atomic E-state index is 13.3. The molecule has 8 heteroatoms. The van der Waals surface area contributed by atoms with E-state index >= 15 is 0 Å². The molecule has 0 aliphatic rings. The molecule has 0 aromatic heterocycles. The first-order valence-electron chi connectivity index (χ1n) is 2.01. The molecule has 0 aliphatic carbocycles. The smallest absolute Gasteiger partial charge is 0.216 e. The Morgan fingerprint density at radius 3 is 1.00 bits per heavy atom. The molecule has 0 aromatic carbocycles. The Hall–Kier alpha value is 3.29. The predicted molar refractivity (Wildman–Crippen MR) is 71.8 cm³/mol. The first-order valence-corrected chi connectivity index (χ1v) is 7.56. The number of alkyl halides is 8. The Morgan fingerprint density at radius 1 is 0.727 bits per heavy atom. The van der Waals surface area contributed by atoms with E-state index in [1.54, 1.807) is 0 Å². The van der Waals surface area contributed by atoms with Crippen molar-refractivity contribution in [1.29, 1.82) is 0 Å². The highest BCUT2D eigenvalue weighted by atomic mass is 80.0. The highest BCUT2D eigenvalue weighted by Crippen LogP contribution is 2.62. The van der Waals surface area contributed by atoms with Crippen LogP contribution in [-0.2, 0) is 0 Å². The Morgan fingerprint density at radius 2 is 1.00 bits per heavy atom. The van der Waals surface area contributed by atoms with Gasteiger partial charge in [0.1, 0.15) is 0 Å². The number of rotatable bonds is 1. The molecular weight excluding hydrogens is 614 g/mol. The van der Waals surface area contributed by atoms with Crippen molar-refractivity contribution in [2.75, 3.05) is 0 Å². The van der Waals surface area contributed by atoms with Crippen LogP contribution in [0, 0.1) is 0 Å². The third kappa shape index (κ3) is 3.74. The van der Waals surface area contributed by atoms with E-state index in [0.29, 0.717) is 0 Å². The van der Waals surface area contributed by atoms with Crippen molar-refractivity contribution in [2.24, 2.45) is 0 Å². The zero-order valence-electron chi connectivity index (χ0n) is 4.52. The summed E-state index contributed by atoms with van der Waals surface area (Å²) in [6.45, 7) is 0. The summed E-state index contributed by atoms with van der Waals surface area (Å²) in [4.78, 5) is 0. The van der Waals surface area contributed by atoms with Gasteiger partial charge in [-0.1, -0.05) is 79.6 Å². The average Bonchev–Trinajstić information content (AvgIpc) is 1.58. The largest absolute Gasteiger partial charge is 0.246 e. The van der Waals surface area contributed by atoms with Crippen LogP contribution in [0.5, 0.6) is 0 Å². The lowest BCUT2D eigenvalue weighted by Gasteiger charge is -2.34. The van der Waals surface area contributed by atoms with Crippen LogP contribution in [0.1, 0.15) is 0 Å². The number of hydrogen-bond donors (Lipinski definition) is 0. The molecule has 0 N–H and O–H groups in total. The first-order chi connectivity index (χ1) is 4.50. The maximum Gasteiger partial charge on any atom is 0.246 e. The summed E-state index contributed by atoms with van der Waals surface area (Å²) in [7, 11) is 0. The summed E-state index contributed by atoms with van der Waals surface area (Å²) in [6, 6.07) is 0. The topological polar surface area (TPSA) is 0 Å². The summed E-state index contributed by atoms with van der Waals surface area (Å²) < 4.78 is 9.61. The highest BCUT2D eigenvalue weighted by Gasteiger charge is 2.57. The second-order valence-corrected chi connectivity index (χ2v) is 15.0. The molecule has 11 heavy (non-hydrogen) atoms. The van der Waals surface area contributed by atoms with Gasteiger partial charge in [0, 0.05) is 0 Å². The molecule has 0 atom stereocenters. The summed E-state index contributed by atoms with van der Waals surface area (Å²) in [5, 5.41) is 0. The fourth-order valence-corrected chi connectivity index (χ4v) is 3.17. The van der Waals surface area contributed by atoms with Crippen molar-refractivity contribution in [3.8, 4) is 0 Å². The van der Waals surface area contributed by atoms with Crippen molar-refractivity contribution >= 4 is 112 Å². The van der Waals surface area contributed by atoms with Crippen molar-refractivity contribution < 1.29 is 4.39 Å². The van der Waals surface area contributed by atoms with Crippen LogP contribution in [0.15, 0.2) is 0 Å². The van der Waals surface area contributed by atoms with Crippen LogP contribution in [-0.4, -0.2) is 8.86 Å². The van der Waals surface area contributed by atoms with E-state index in [0.717, 1.165) is 0 Å². The Labute approximate surface area is 123 Å². The molecule has 0 nitrogen and oxygen atoms in total. The molecule has 68 valence electrons. The maximum atomic E-state index is 13.3. The Kier molecular flexibility index (Phi) is 5.75. The van der Waals surface area contributed by atoms with Crippen LogP contribution in [0.25, 0.3) is 0 Å². The van der Waals surface area contributed by atoms with Gasteiger partial charge in [-0.2, -0.15) is 0 Å². The second kappa shape index (κ2) is 4.43. The minimum atomic E-state index is -1.80. The lowest BCUT2D eigenvalue weighted by atomic mass is 10.5. The van der Waals surface area contributed by atoms with Gasteiger partial charge in [0.25, 0.3) is 0 Å². The van der Waals surface area contributed by atoms with Crippen molar-refractivity contribution in [2.45, 2.75) is 8.86 Å². The summed E-state index contributed by atoms with van der Waals surface area (Å²) in [5.74, 6) is 0. The molecule has 0 heterocycles. The standard InChI is InChI=1S/C3Br7F/c4-1(5,2(6,7)8)3(9,10)11. The van der Waals surface area contributed by atoms with E-state index in [-0.39, 0.29) is 0 Å². The van der Waals surface area contributed by atoms with Crippen LogP contribution in [0.3, 0.4) is 0 Å². The monoisotopic (exact) mass is 607 g/mol. The zero-order chi connectivity index (χ0) is 9.50. The first kappa shape index (κ1) is 14.3. The van der Waals surface area contributed by atoms with Gasteiger partial charge in [-0.05, 0) is 31.9 Å². The molecule has 0 unspecified atom stereocenters. The summed E-state index contributed by atoms with van der Waals surface area (Å²) in [6.07, 6.45) is 0. The lowest BCUT2D eigenvalue weighted by molar-refractivity contribution is 0.416. The second-order valence-electron chi connectivity index (χ2n) is 1.57. The van der Waals surface area contributed by atoms with Crippen LogP contribution in [0.2, 0.25) is 0 Å². The quantitative estimate of drug-likeness (QED) is 0.332. The van der Waals surface area contributed by atoms with Gasteiger partial charge in [-0.15, -0.1) is 0 Å². The number of hydrogen-bond acceptors (Lipinski definition) is 0. The molecule has 0 radical (unpaired) electrons. The van der Waals surface area contributed by atoms with Crippen molar-refractivity contribution in [3.05, 3.63) is 0 Å². The molecule has 0 fully saturated rings. The molecule has 0 rings (SSSR count). The SMILES string of the molecule is FC(Br)(Br)C(Br)(Br)C(Br)(Br)Br. The highest BCUT2D eigenvalue weighted by molar-refractivity contribution is 9.42. The zero-order valence-corrected chi connectivity index (χ0v) is 15.6. The molecule has 0 aliphatic heterocycles. The summed E-state index contributed by atoms with van der Waals surface area (Å²) >= 11 is 21.4. The molecule has 0 aromatic rings. The molecule has 0 amide bonds. The van der Waals surface area contributed by atoms with Crippen molar-refractivity contribution in [1.82, 2.24) is 0 Å². The molecule has 0 saturated carbocycles. The van der Waals surface area contributed by atoms with E-state index in [9.17, 15) is 4.39 Å². The Bertz CT molecular complexity index is 125. The fraction of sp³-hybridized carbons (Fsp3) is 1.00. The average molecular weight is 614 g/mol. The molecular formula is C3Br7F. The van der Waals surface area contributed by atoms with Gasteiger partial charge < -0.3 is 0 Å². The molecule has 0 spiro atoms. The summed E-state index contributed by atoms with van der Waals surface area (Å²) in [5.41, 5.74) is 0. The van der Waals surface area contributed by atoms with Gasteiger partial charge in [0.2, 0.25) is 3.49 Å². The predicted octanol–water partition coefficient (Wildman–Crippen LogP) is 5.72. The minimum Gasteiger partial charge on any atom is -0.216 e. The third-order valence-electron chi connectivity index (χ3n) is 0.712. The van der Waals surface area contributed by atoms with Gasteiger partial charge in [-0.3, -0.25) is 0 Å². The van der Waals surface area contributed by atoms with E-state index < -0.39 is 8.86 Å². The van der Waals surface area contributed by atoms with E-state index in [4.69, 9.17) is 0 Å². The van der Waals surface area contributed by atoms with Gasteiger partial charge in [-0.25, -0.2) is 4.39 Å². The van der Waals surface area contributed by atoms with Crippen molar-refractivity contribution in [3.63, 3.8) is 0 Å².